The van der Waals surface area contributed by atoms with Gasteiger partial charge in [0.05, 0.1) is 17.3 Å². The van der Waals surface area contributed by atoms with Gasteiger partial charge in [0.1, 0.15) is 23.4 Å². The number of furan rings is 1. The molecule has 1 aliphatic rings. The van der Waals surface area contributed by atoms with Gasteiger partial charge in [0.25, 0.3) is 0 Å². The lowest BCUT2D eigenvalue weighted by molar-refractivity contribution is -0.116. The van der Waals surface area contributed by atoms with Gasteiger partial charge in [-0.3, -0.25) is 9.78 Å². The number of anilines is 1. The third kappa shape index (κ3) is 5.65. The van der Waals surface area contributed by atoms with Crippen LogP contribution in [0.2, 0.25) is 0 Å². The maximum absolute atomic E-state index is 13.2. The molecule has 0 saturated carbocycles. The predicted octanol–water partition coefficient (Wildman–Crippen LogP) is 5.49. The Balaban J connectivity index is 1.41. The zero-order valence-corrected chi connectivity index (χ0v) is 21.7. The molecule has 8 nitrogen and oxygen atoms in total. The fraction of sp³-hybridized carbons (Fsp3) is 0.172. The second-order valence-electron chi connectivity index (χ2n) is 9.16. The van der Waals surface area contributed by atoms with E-state index in [0.717, 1.165) is 16.8 Å². The van der Waals surface area contributed by atoms with Crippen molar-refractivity contribution in [1.82, 2.24) is 15.2 Å². The van der Waals surface area contributed by atoms with E-state index in [-0.39, 0.29) is 29.8 Å². The van der Waals surface area contributed by atoms with Gasteiger partial charge in [-0.15, -0.1) is 0 Å². The summed E-state index contributed by atoms with van der Waals surface area (Å²) in [5.41, 5.74) is 3.02. The monoisotopic (exact) mass is 544 g/mol. The average molecular weight is 545 g/mol. The number of thiocarbonyl (C=S) groups is 1. The first kappa shape index (κ1) is 26.1. The maximum Gasteiger partial charge on any atom is 0.335 e. The fourth-order valence-corrected chi connectivity index (χ4v) is 5.00. The lowest BCUT2D eigenvalue weighted by Crippen LogP contribution is -2.32. The minimum Gasteiger partial charge on any atom is -0.478 e. The highest BCUT2D eigenvalue weighted by Gasteiger charge is 2.41. The molecule has 198 valence electrons. The van der Waals surface area contributed by atoms with E-state index in [0.29, 0.717) is 28.9 Å². The molecule has 2 atom stereocenters. The van der Waals surface area contributed by atoms with E-state index in [9.17, 15) is 19.1 Å². The molecule has 0 aliphatic carbocycles. The topological polar surface area (TPSA) is 108 Å². The van der Waals surface area contributed by atoms with E-state index in [2.05, 4.69) is 15.6 Å². The molecule has 1 fully saturated rings. The third-order valence-corrected chi connectivity index (χ3v) is 6.91. The normalized spacial score (nSPS) is 16.7. The molecule has 0 unspecified atom stereocenters. The highest BCUT2D eigenvalue weighted by Crippen LogP contribution is 2.40. The molecule has 1 saturated heterocycles. The van der Waals surface area contributed by atoms with Crippen LogP contribution < -0.4 is 10.6 Å². The van der Waals surface area contributed by atoms with Crippen molar-refractivity contribution >= 4 is 34.9 Å². The molecule has 0 bridgehead atoms. The number of nitrogens with one attached hydrogen (secondary N) is 2. The molecule has 0 spiro atoms. The Labute approximate surface area is 229 Å². The molecular weight excluding hydrogens is 519 g/mol. The van der Waals surface area contributed by atoms with E-state index >= 15 is 0 Å². The number of carbonyl (C=O) groups excluding carboxylic acids is 1. The van der Waals surface area contributed by atoms with Crippen LogP contribution in [0.3, 0.4) is 0 Å². The zero-order valence-electron chi connectivity index (χ0n) is 20.9. The summed E-state index contributed by atoms with van der Waals surface area (Å²) in [6.45, 7) is 2.13. The fourth-order valence-electron chi connectivity index (χ4n) is 4.66. The number of aromatic carboxylic acids is 1. The molecule has 3 heterocycles. The molecule has 2 aromatic carbocycles. The number of carboxylic acid groups (broad SMARTS) is 1. The third-order valence-electron chi connectivity index (χ3n) is 6.56. The highest BCUT2D eigenvalue weighted by atomic mass is 32.1. The summed E-state index contributed by atoms with van der Waals surface area (Å²) in [6.07, 6.45) is 1.84. The SMILES string of the molecule is Cc1cc(C(=O)O)ccc1-c1ccc([C@H]2[C@H](c3ccccn3)NC(=S)N2CCC(=O)Nc2ccc(F)cc2)o1. The molecule has 5 rings (SSSR count). The van der Waals surface area contributed by atoms with Crippen LogP contribution in [0.1, 0.15) is 45.9 Å². The van der Waals surface area contributed by atoms with Crippen molar-refractivity contribution in [3.8, 4) is 11.3 Å². The zero-order chi connectivity index (χ0) is 27.5. The first-order valence-corrected chi connectivity index (χ1v) is 12.7. The van der Waals surface area contributed by atoms with Crippen molar-refractivity contribution in [2.24, 2.45) is 0 Å². The van der Waals surface area contributed by atoms with Gasteiger partial charge in [0, 0.05) is 30.4 Å². The van der Waals surface area contributed by atoms with Gasteiger partial charge < -0.3 is 25.1 Å². The standard InChI is InChI=1S/C29H25FN4O4S/c1-17-16-18(28(36)37)5-10-21(17)23-11-12-24(38-23)27-26(22-4-2-3-14-31-22)33-29(39)34(27)15-13-25(35)32-20-8-6-19(30)7-9-20/h2-12,14,16,26-27H,13,15H2,1H3,(H,32,35)(H,33,39)(H,36,37)/t26-,27-/m0/s1. The van der Waals surface area contributed by atoms with Gasteiger partial charge in [0.15, 0.2) is 5.11 Å². The Hall–Kier alpha value is -4.57. The molecule has 0 radical (unpaired) electrons. The van der Waals surface area contributed by atoms with Gasteiger partial charge in [-0.05, 0) is 85.4 Å². The van der Waals surface area contributed by atoms with Crippen molar-refractivity contribution in [1.29, 1.82) is 0 Å². The van der Waals surface area contributed by atoms with Gasteiger partial charge in [0.2, 0.25) is 5.91 Å². The number of nitrogens with zero attached hydrogens (tertiary/aromatic N) is 2. The summed E-state index contributed by atoms with van der Waals surface area (Å²) in [6, 6.07) is 19.1. The number of aromatic nitrogens is 1. The summed E-state index contributed by atoms with van der Waals surface area (Å²) in [5.74, 6) is -0.401. The van der Waals surface area contributed by atoms with Crippen LogP contribution in [-0.4, -0.2) is 38.5 Å². The number of hydrogen-bond acceptors (Lipinski definition) is 5. The van der Waals surface area contributed by atoms with Crippen molar-refractivity contribution < 1.29 is 23.5 Å². The molecule has 39 heavy (non-hydrogen) atoms. The van der Waals surface area contributed by atoms with Crippen LogP contribution in [0.5, 0.6) is 0 Å². The number of pyridine rings is 1. The van der Waals surface area contributed by atoms with E-state index < -0.39 is 12.0 Å². The summed E-state index contributed by atoms with van der Waals surface area (Å²) in [4.78, 5) is 30.4. The number of halogens is 1. The van der Waals surface area contributed by atoms with Crippen LogP contribution in [0, 0.1) is 12.7 Å². The summed E-state index contributed by atoms with van der Waals surface area (Å²) >= 11 is 5.67. The lowest BCUT2D eigenvalue weighted by Gasteiger charge is -2.25. The Morgan fingerprint density at radius 2 is 1.92 bits per heavy atom. The molecule has 1 aliphatic heterocycles. The molecule has 2 aromatic heterocycles. The number of amides is 1. The first-order valence-electron chi connectivity index (χ1n) is 12.3. The van der Waals surface area contributed by atoms with Crippen molar-refractivity contribution in [3.05, 3.63) is 107 Å². The number of benzene rings is 2. The largest absolute Gasteiger partial charge is 0.478 e. The van der Waals surface area contributed by atoms with Crippen molar-refractivity contribution in [2.45, 2.75) is 25.4 Å². The van der Waals surface area contributed by atoms with Crippen LogP contribution >= 0.6 is 12.2 Å². The number of hydrogen-bond donors (Lipinski definition) is 3. The molecule has 1 amide bonds. The smallest absolute Gasteiger partial charge is 0.335 e. The quantitative estimate of drug-likeness (QED) is 0.250. The predicted molar refractivity (Wildman–Crippen MR) is 148 cm³/mol. The number of aryl methyl sites for hydroxylation is 1. The average Bonchev–Trinajstić information content (AvgIpc) is 3.53. The van der Waals surface area contributed by atoms with Gasteiger partial charge in [-0.2, -0.15) is 0 Å². The van der Waals surface area contributed by atoms with Crippen LogP contribution in [0.4, 0.5) is 10.1 Å². The Kier molecular flexibility index (Phi) is 7.38. The van der Waals surface area contributed by atoms with E-state index in [1.807, 2.05) is 42.2 Å². The maximum atomic E-state index is 13.2. The molecular formula is C29H25FN4O4S. The summed E-state index contributed by atoms with van der Waals surface area (Å²) < 4.78 is 19.5. The first-order chi connectivity index (χ1) is 18.8. The lowest BCUT2D eigenvalue weighted by atomic mass is 10.0. The van der Waals surface area contributed by atoms with Gasteiger partial charge in [-0.1, -0.05) is 12.1 Å². The molecule has 4 aromatic rings. The van der Waals surface area contributed by atoms with Crippen molar-refractivity contribution in [3.63, 3.8) is 0 Å². The van der Waals surface area contributed by atoms with Crippen LogP contribution in [-0.2, 0) is 4.79 Å². The summed E-state index contributed by atoms with van der Waals surface area (Å²) in [7, 11) is 0. The number of carbonyl (C=O) groups is 2. The van der Waals surface area contributed by atoms with Crippen LogP contribution in [0.15, 0.2) is 83.4 Å². The van der Waals surface area contributed by atoms with E-state index in [1.54, 1.807) is 24.4 Å². The highest BCUT2D eigenvalue weighted by molar-refractivity contribution is 7.80. The Morgan fingerprint density at radius 3 is 2.62 bits per heavy atom. The van der Waals surface area contributed by atoms with E-state index in [1.165, 1.54) is 24.3 Å². The second-order valence-corrected chi connectivity index (χ2v) is 9.55. The number of rotatable bonds is 8. The van der Waals surface area contributed by atoms with Gasteiger partial charge >= 0.3 is 5.97 Å². The Morgan fingerprint density at radius 1 is 1.13 bits per heavy atom. The Bertz CT molecular complexity index is 1520. The van der Waals surface area contributed by atoms with E-state index in [4.69, 9.17) is 16.6 Å². The van der Waals surface area contributed by atoms with Gasteiger partial charge in [-0.25, -0.2) is 9.18 Å². The molecule has 10 heteroatoms. The summed E-state index contributed by atoms with van der Waals surface area (Å²) in [5, 5.41) is 15.9. The molecule has 3 N–H and O–H groups in total. The number of carboxylic acids is 1. The van der Waals surface area contributed by atoms with Crippen molar-refractivity contribution in [2.75, 3.05) is 11.9 Å². The second kappa shape index (κ2) is 11.0. The minimum absolute atomic E-state index is 0.133. The minimum atomic E-state index is -0.993. The van der Waals surface area contributed by atoms with Crippen LogP contribution in [0.25, 0.3) is 11.3 Å².